The first-order valence-electron chi connectivity index (χ1n) is 8.71. The third-order valence-electron chi connectivity index (χ3n) is 3.99. The third-order valence-corrected chi connectivity index (χ3v) is 5.23. The second-order valence-electron chi connectivity index (χ2n) is 6.07. The zero-order valence-electron chi connectivity index (χ0n) is 15.2. The highest BCUT2D eigenvalue weighted by Crippen LogP contribution is 2.27. The number of carbonyl (C=O) groups excluding carboxylic acids is 1. The average Bonchev–Trinajstić information content (AvgIpc) is 2.73. The van der Waals surface area contributed by atoms with E-state index in [4.69, 9.17) is 16.3 Å². The van der Waals surface area contributed by atoms with Gasteiger partial charge < -0.3 is 10.1 Å². The summed E-state index contributed by atoms with van der Waals surface area (Å²) in [5, 5.41) is 12.6. The molecule has 0 unspecified atom stereocenters. The Kier molecular flexibility index (Phi) is 7.28. The van der Waals surface area contributed by atoms with Crippen LogP contribution in [0.2, 0.25) is 5.02 Å². The van der Waals surface area contributed by atoms with Gasteiger partial charge in [0, 0.05) is 3.57 Å². The van der Waals surface area contributed by atoms with Gasteiger partial charge in [0.1, 0.15) is 24.0 Å². The van der Waals surface area contributed by atoms with Crippen molar-refractivity contribution >= 4 is 51.9 Å². The summed E-state index contributed by atoms with van der Waals surface area (Å²) in [7, 11) is 0. The molecule has 0 saturated heterocycles. The molecule has 0 aromatic heterocycles. The number of rotatable bonds is 6. The van der Waals surface area contributed by atoms with Crippen molar-refractivity contribution in [3.05, 3.63) is 98.1 Å². The normalized spacial score (nSPS) is 10.9. The van der Waals surface area contributed by atoms with E-state index in [0.29, 0.717) is 28.6 Å². The van der Waals surface area contributed by atoms with Crippen molar-refractivity contribution in [2.75, 3.05) is 5.32 Å². The highest BCUT2D eigenvalue weighted by atomic mass is 127. The molecule has 0 bridgehead atoms. The zero-order valence-corrected chi connectivity index (χ0v) is 18.1. The first-order valence-corrected chi connectivity index (χ1v) is 10.2. The molecule has 3 rings (SSSR count). The molecule has 0 fully saturated rings. The number of benzene rings is 3. The lowest BCUT2D eigenvalue weighted by Gasteiger charge is -2.09. The van der Waals surface area contributed by atoms with Crippen LogP contribution in [0.25, 0.3) is 6.08 Å². The van der Waals surface area contributed by atoms with Crippen molar-refractivity contribution in [3.63, 3.8) is 0 Å². The lowest BCUT2D eigenvalue weighted by Crippen LogP contribution is -2.14. The van der Waals surface area contributed by atoms with Crippen LogP contribution in [-0.4, -0.2) is 5.91 Å². The Morgan fingerprint density at radius 3 is 2.52 bits per heavy atom. The van der Waals surface area contributed by atoms with Crippen molar-refractivity contribution in [1.82, 2.24) is 0 Å². The Labute approximate surface area is 187 Å². The number of anilines is 1. The Morgan fingerprint density at radius 2 is 1.83 bits per heavy atom. The highest BCUT2D eigenvalue weighted by molar-refractivity contribution is 14.1. The van der Waals surface area contributed by atoms with Gasteiger partial charge in [0.2, 0.25) is 0 Å². The van der Waals surface area contributed by atoms with Gasteiger partial charge in [0.05, 0.1) is 10.7 Å². The summed E-state index contributed by atoms with van der Waals surface area (Å²) in [5.41, 5.74) is 2.31. The van der Waals surface area contributed by atoms with Gasteiger partial charge in [-0.05, 0) is 64.1 Å². The van der Waals surface area contributed by atoms with E-state index >= 15 is 0 Å². The highest BCUT2D eigenvalue weighted by Gasteiger charge is 2.12. The largest absolute Gasteiger partial charge is 0.487 e. The van der Waals surface area contributed by atoms with Gasteiger partial charge >= 0.3 is 0 Å². The van der Waals surface area contributed by atoms with Gasteiger partial charge in [0.15, 0.2) is 0 Å². The van der Waals surface area contributed by atoms with Crippen molar-refractivity contribution in [3.8, 4) is 11.8 Å². The molecule has 0 spiro atoms. The van der Waals surface area contributed by atoms with E-state index in [9.17, 15) is 10.1 Å². The number of halogens is 2. The smallest absolute Gasteiger partial charge is 0.266 e. The van der Waals surface area contributed by atoms with Crippen LogP contribution in [0.3, 0.4) is 0 Å². The van der Waals surface area contributed by atoms with Gasteiger partial charge in [-0.15, -0.1) is 0 Å². The second-order valence-corrected chi connectivity index (χ2v) is 7.64. The Bertz CT molecular complexity index is 1090. The predicted octanol–water partition coefficient (Wildman–Crippen LogP) is 6.07. The minimum Gasteiger partial charge on any atom is -0.487 e. The number of nitrogens with zero attached hydrogens (tertiary/aromatic N) is 1. The molecular weight excluding hydrogens is 499 g/mol. The second kappa shape index (κ2) is 10.1. The molecule has 1 N–H and O–H groups in total. The lowest BCUT2D eigenvalue weighted by atomic mass is 10.1. The molecule has 0 heterocycles. The molecule has 3 aromatic rings. The van der Waals surface area contributed by atoms with E-state index in [1.165, 1.54) is 6.08 Å². The van der Waals surface area contributed by atoms with E-state index in [2.05, 4.69) is 27.9 Å². The minimum atomic E-state index is -0.475. The van der Waals surface area contributed by atoms with Crippen LogP contribution in [0, 0.1) is 14.9 Å². The van der Waals surface area contributed by atoms with Gasteiger partial charge in [-0.1, -0.05) is 60.1 Å². The van der Waals surface area contributed by atoms with Gasteiger partial charge in [0.25, 0.3) is 5.91 Å². The van der Waals surface area contributed by atoms with Crippen molar-refractivity contribution in [2.24, 2.45) is 0 Å². The molecule has 0 aliphatic heterocycles. The first-order chi connectivity index (χ1) is 14.1. The molecule has 4 nitrogen and oxygen atoms in total. The summed E-state index contributed by atoms with van der Waals surface area (Å²) in [6.45, 7) is 0.400. The summed E-state index contributed by atoms with van der Waals surface area (Å²) in [6, 6.07) is 24.2. The van der Waals surface area contributed by atoms with E-state index in [1.54, 1.807) is 24.3 Å². The number of amides is 1. The van der Waals surface area contributed by atoms with Crippen LogP contribution >= 0.6 is 34.2 Å². The average molecular weight is 515 g/mol. The Balaban J connectivity index is 1.72. The van der Waals surface area contributed by atoms with Crippen LogP contribution in [0.5, 0.6) is 5.75 Å². The predicted molar refractivity (Wildman–Crippen MR) is 124 cm³/mol. The molecule has 0 aliphatic carbocycles. The van der Waals surface area contributed by atoms with E-state index in [-0.39, 0.29) is 5.57 Å². The fraction of sp³-hybridized carbons (Fsp3) is 0.0435. The topological polar surface area (TPSA) is 62.1 Å². The van der Waals surface area contributed by atoms with E-state index in [1.807, 2.05) is 54.6 Å². The molecule has 0 saturated carbocycles. The van der Waals surface area contributed by atoms with Gasteiger partial charge in [-0.2, -0.15) is 5.26 Å². The van der Waals surface area contributed by atoms with Crippen LogP contribution in [-0.2, 0) is 11.4 Å². The number of hydrogen-bond donors (Lipinski definition) is 1. The molecular formula is C23H16ClIN2O2. The van der Waals surface area contributed by atoms with E-state index in [0.717, 1.165) is 9.13 Å². The van der Waals surface area contributed by atoms with Crippen molar-refractivity contribution in [1.29, 1.82) is 5.26 Å². The number of hydrogen-bond acceptors (Lipinski definition) is 3. The summed E-state index contributed by atoms with van der Waals surface area (Å²) in [5.74, 6) is 0.0617. The monoisotopic (exact) mass is 514 g/mol. The maximum absolute atomic E-state index is 12.4. The van der Waals surface area contributed by atoms with Gasteiger partial charge in [-0.25, -0.2) is 0 Å². The molecule has 144 valence electrons. The number of para-hydroxylation sites is 1. The quantitative estimate of drug-likeness (QED) is 0.247. The van der Waals surface area contributed by atoms with E-state index < -0.39 is 5.91 Å². The number of ether oxygens (including phenoxy) is 1. The zero-order chi connectivity index (χ0) is 20.6. The van der Waals surface area contributed by atoms with Crippen molar-refractivity contribution in [2.45, 2.75) is 6.61 Å². The maximum atomic E-state index is 12.4. The molecule has 0 aliphatic rings. The van der Waals surface area contributed by atoms with Crippen LogP contribution in [0.15, 0.2) is 78.4 Å². The molecule has 0 atom stereocenters. The van der Waals surface area contributed by atoms with Crippen LogP contribution < -0.4 is 10.1 Å². The number of nitriles is 1. The number of carbonyl (C=O) groups is 1. The standard InChI is InChI=1S/C23H16ClIN2O2/c24-19-13-17(10-11-22(19)29-15-16-6-2-1-3-7-16)12-18(14-26)23(28)27-21-9-5-4-8-20(21)25/h1-13H,15H2,(H,27,28)/b18-12-. The maximum Gasteiger partial charge on any atom is 0.266 e. The molecule has 3 aromatic carbocycles. The molecule has 1 amide bonds. The fourth-order valence-corrected chi connectivity index (χ4v) is 3.29. The summed E-state index contributed by atoms with van der Waals surface area (Å²) in [6.07, 6.45) is 1.50. The first kappa shape index (κ1) is 20.9. The molecule has 29 heavy (non-hydrogen) atoms. The van der Waals surface area contributed by atoms with Crippen molar-refractivity contribution < 1.29 is 9.53 Å². The summed E-state index contributed by atoms with van der Waals surface area (Å²) in [4.78, 5) is 12.4. The number of nitrogens with one attached hydrogen (secondary N) is 1. The van der Waals surface area contributed by atoms with Gasteiger partial charge in [-0.3, -0.25) is 4.79 Å². The SMILES string of the molecule is N#C/C(=C/c1ccc(OCc2ccccc2)c(Cl)c1)C(=O)Nc1ccccc1I. The summed E-state index contributed by atoms with van der Waals surface area (Å²) < 4.78 is 6.64. The fourth-order valence-electron chi connectivity index (χ4n) is 2.53. The van der Waals surface area contributed by atoms with Crippen LogP contribution in [0.1, 0.15) is 11.1 Å². The minimum absolute atomic E-state index is 0.0151. The molecule has 6 heteroatoms. The Morgan fingerprint density at radius 1 is 1.10 bits per heavy atom. The summed E-state index contributed by atoms with van der Waals surface area (Å²) >= 11 is 8.44. The lowest BCUT2D eigenvalue weighted by molar-refractivity contribution is -0.112. The Hall–Kier alpha value is -2.82. The molecule has 0 radical (unpaired) electrons. The van der Waals surface area contributed by atoms with Crippen LogP contribution in [0.4, 0.5) is 5.69 Å². The third kappa shape index (κ3) is 5.83.